The molecular formula is C21H22ClN4OS+. The number of halogens is 1. The molecular weight excluding hydrogens is 392 g/mol. The highest BCUT2D eigenvalue weighted by atomic mass is 35.5. The third-order valence-electron chi connectivity index (χ3n) is 4.86. The Morgan fingerprint density at radius 2 is 1.82 bits per heavy atom. The van der Waals surface area contributed by atoms with Crippen LogP contribution in [0.4, 0.5) is 10.8 Å². The fraction of sp³-hybridized carbons (Fsp3) is 0.238. The van der Waals surface area contributed by atoms with Gasteiger partial charge in [0.2, 0.25) is 0 Å². The number of rotatable bonds is 5. The Kier molecular flexibility index (Phi) is 5.90. The van der Waals surface area contributed by atoms with E-state index in [0.29, 0.717) is 17.3 Å². The molecule has 28 heavy (non-hydrogen) atoms. The van der Waals surface area contributed by atoms with E-state index in [2.05, 4.69) is 27.7 Å². The SMILES string of the molecule is O=C(C[NH+]1CCN(c2nc(-c3ccccc3)cs2)CC1)Nc1ccccc1Cl. The standard InChI is InChI=1S/C21H21ClN4OS/c22-17-8-4-5-9-18(17)23-20(27)14-25-10-12-26(13-11-25)21-24-19(15-28-21)16-6-2-1-3-7-16/h1-9,15H,10-14H2,(H,23,27)/p+1. The van der Waals surface area contributed by atoms with Crippen LogP contribution in [0.2, 0.25) is 5.02 Å². The lowest BCUT2D eigenvalue weighted by Crippen LogP contribution is -3.15. The van der Waals surface area contributed by atoms with Gasteiger partial charge in [-0.2, -0.15) is 0 Å². The molecule has 1 fully saturated rings. The molecule has 1 aromatic heterocycles. The molecule has 1 saturated heterocycles. The van der Waals surface area contributed by atoms with Gasteiger partial charge in [0.15, 0.2) is 11.7 Å². The van der Waals surface area contributed by atoms with E-state index in [-0.39, 0.29) is 5.91 Å². The number of aromatic nitrogens is 1. The normalized spacial score (nSPS) is 14.8. The van der Waals surface area contributed by atoms with E-state index in [1.807, 2.05) is 36.4 Å². The number of hydrogen-bond acceptors (Lipinski definition) is 4. The smallest absolute Gasteiger partial charge is 0.279 e. The van der Waals surface area contributed by atoms with Gasteiger partial charge in [-0.1, -0.05) is 54.1 Å². The topological polar surface area (TPSA) is 49.7 Å². The van der Waals surface area contributed by atoms with Crippen LogP contribution in [0, 0.1) is 0 Å². The Morgan fingerprint density at radius 3 is 2.57 bits per heavy atom. The van der Waals surface area contributed by atoms with Gasteiger partial charge >= 0.3 is 0 Å². The Labute approximate surface area is 173 Å². The molecule has 0 spiro atoms. The van der Waals surface area contributed by atoms with Crippen LogP contribution in [0.15, 0.2) is 60.0 Å². The third kappa shape index (κ3) is 4.52. The molecule has 0 unspecified atom stereocenters. The summed E-state index contributed by atoms with van der Waals surface area (Å²) in [7, 11) is 0. The minimum Gasteiger partial charge on any atom is -0.337 e. The molecule has 0 bridgehead atoms. The van der Waals surface area contributed by atoms with Crippen LogP contribution < -0.4 is 15.1 Å². The first-order chi connectivity index (χ1) is 13.7. The van der Waals surface area contributed by atoms with Gasteiger partial charge in [0.05, 0.1) is 42.6 Å². The van der Waals surface area contributed by atoms with Gasteiger partial charge in [0.25, 0.3) is 5.91 Å². The molecule has 1 aliphatic rings. The predicted octanol–water partition coefficient (Wildman–Crippen LogP) is 2.81. The lowest BCUT2D eigenvalue weighted by molar-refractivity contribution is -0.892. The van der Waals surface area contributed by atoms with E-state index in [1.54, 1.807) is 17.4 Å². The van der Waals surface area contributed by atoms with Crippen molar-refractivity contribution in [3.8, 4) is 11.3 Å². The first-order valence-electron chi connectivity index (χ1n) is 9.33. The lowest BCUT2D eigenvalue weighted by atomic mass is 10.2. The molecule has 4 rings (SSSR count). The maximum Gasteiger partial charge on any atom is 0.279 e. The van der Waals surface area contributed by atoms with Crippen molar-refractivity contribution >= 4 is 39.7 Å². The Morgan fingerprint density at radius 1 is 1.11 bits per heavy atom. The second kappa shape index (κ2) is 8.73. The summed E-state index contributed by atoms with van der Waals surface area (Å²) >= 11 is 7.79. The van der Waals surface area contributed by atoms with Crippen LogP contribution in [0.3, 0.4) is 0 Å². The van der Waals surface area contributed by atoms with Crippen molar-refractivity contribution in [1.29, 1.82) is 0 Å². The minimum absolute atomic E-state index is 0.00263. The number of amides is 1. The highest BCUT2D eigenvalue weighted by molar-refractivity contribution is 7.14. The molecule has 5 nitrogen and oxygen atoms in total. The minimum atomic E-state index is -0.00263. The van der Waals surface area contributed by atoms with Crippen LogP contribution >= 0.6 is 22.9 Å². The summed E-state index contributed by atoms with van der Waals surface area (Å²) in [4.78, 5) is 20.7. The van der Waals surface area contributed by atoms with Gasteiger partial charge in [-0.05, 0) is 12.1 Å². The van der Waals surface area contributed by atoms with Crippen molar-refractivity contribution < 1.29 is 9.69 Å². The Balaban J connectivity index is 1.30. The molecule has 0 aliphatic carbocycles. The fourth-order valence-corrected chi connectivity index (χ4v) is 4.40. The van der Waals surface area contributed by atoms with Gasteiger partial charge in [0.1, 0.15) is 0 Å². The number of nitrogens with one attached hydrogen (secondary N) is 2. The van der Waals surface area contributed by atoms with Crippen molar-refractivity contribution in [2.45, 2.75) is 0 Å². The monoisotopic (exact) mass is 413 g/mol. The zero-order valence-corrected chi connectivity index (χ0v) is 17.0. The number of quaternary nitrogens is 1. The first-order valence-corrected chi connectivity index (χ1v) is 10.6. The molecule has 0 atom stereocenters. The van der Waals surface area contributed by atoms with E-state index in [1.165, 1.54) is 4.90 Å². The summed E-state index contributed by atoms with van der Waals surface area (Å²) in [5.74, 6) is -0.00263. The van der Waals surface area contributed by atoms with Crippen LogP contribution in [0.1, 0.15) is 0 Å². The van der Waals surface area contributed by atoms with Crippen molar-refractivity contribution in [1.82, 2.24) is 4.98 Å². The molecule has 2 heterocycles. The molecule has 144 valence electrons. The average Bonchev–Trinajstić information content (AvgIpc) is 3.21. The summed E-state index contributed by atoms with van der Waals surface area (Å²) in [6.45, 7) is 4.07. The Bertz CT molecular complexity index is 938. The molecule has 2 aromatic carbocycles. The van der Waals surface area contributed by atoms with E-state index < -0.39 is 0 Å². The van der Waals surface area contributed by atoms with Gasteiger partial charge in [-0.15, -0.1) is 11.3 Å². The number of carbonyl (C=O) groups is 1. The number of benzene rings is 2. The number of carbonyl (C=O) groups excluding carboxylic acids is 1. The molecule has 1 amide bonds. The maximum atomic E-state index is 12.3. The second-order valence-electron chi connectivity index (χ2n) is 6.82. The molecule has 0 saturated carbocycles. The van der Waals surface area contributed by atoms with Crippen molar-refractivity contribution in [3.63, 3.8) is 0 Å². The molecule has 1 aliphatic heterocycles. The van der Waals surface area contributed by atoms with Crippen molar-refractivity contribution in [3.05, 3.63) is 65.0 Å². The van der Waals surface area contributed by atoms with Gasteiger partial charge < -0.3 is 15.1 Å². The largest absolute Gasteiger partial charge is 0.337 e. The number of thiazole rings is 1. The zero-order chi connectivity index (χ0) is 19.3. The second-order valence-corrected chi connectivity index (χ2v) is 8.07. The van der Waals surface area contributed by atoms with E-state index in [4.69, 9.17) is 16.6 Å². The maximum absolute atomic E-state index is 12.3. The molecule has 0 radical (unpaired) electrons. The summed E-state index contributed by atoms with van der Waals surface area (Å²) in [6, 6.07) is 17.6. The number of piperazine rings is 1. The van der Waals surface area contributed by atoms with Crippen LogP contribution in [-0.4, -0.2) is 43.6 Å². The summed E-state index contributed by atoms with van der Waals surface area (Å²) in [5, 5.41) is 6.64. The van der Waals surface area contributed by atoms with Crippen molar-refractivity contribution in [2.24, 2.45) is 0 Å². The molecule has 3 aromatic rings. The number of para-hydroxylation sites is 1. The summed E-state index contributed by atoms with van der Waals surface area (Å²) in [5.41, 5.74) is 2.84. The van der Waals surface area contributed by atoms with Crippen molar-refractivity contribution in [2.75, 3.05) is 42.9 Å². The van der Waals surface area contributed by atoms with E-state index >= 15 is 0 Å². The third-order valence-corrected chi connectivity index (χ3v) is 6.09. The first kappa shape index (κ1) is 18.9. The Hall–Kier alpha value is -2.41. The van der Waals surface area contributed by atoms with Crippen LogP contribution in [-0.2, 0) is 4.79 Å². The molecule has 7 heteroatoms. The van der Waals surface area contributed by atoms with Crippen LogP contribution in [0.25, 0.3) is 11.3 Å². The molecule has 2 N–H and O–H groups in total. The lowest BCUT2D eigenvalue weighted by Gasteiger charge is -2.31. The van der Waals surface area contributed by atoms with E-state index in [0.717, 1.165) is 42.6 Å². The summed E-state index contributed by atoms with van der Waals surface area (Å²) < 4.78 is 0. The zero-order valence-electron chi connectivity index (χ0n) is 15.4. The fourth-order valence-electron chi connectivity index (χ4n) is 3.33. The van der Waals surface area contributed by atoms with Crippen LogP contribution in [0.5, 0.6) is 0 Å². The average molecular weight is 414 g/mol. The quantitative estimate of drug-likeness (QED) is 0.676. The number of hydrogen-bond donors (Lipinski definition) is 2. The number of nitrogens with zero attached hydrogens (tertiary/aromatic N) is 2. The summed E-state index contributed by atoms with van der Waals surface area (Å²) in [6.07, 6.45) is 0. The van der Waals surface area contributed by atoms with E-state index in [9.17, 15) is 4.79 Å². The van der Waals surface area contributed by atoms with Gasteiger partial charge in [-0.3, -0.25) is 4.79 Å². The highest BCUT2D eigenvalue weighted by Crippen LogP contribution is 2.27. The highest BCUT2D eigenvalue weighted by Gasteiger charge is 2.24. The predicted molar refractivity (Wildman–Crippen MR) is 115 cm³/mol. The van der Waals surface area contributed by atoms with Gasteiger partial charge in [-0.25, -0.2) is 4.98 Å². The van der Waals surface area contributed by atoms with Gasteiger partial charge in [0, 0.05) is 10.9 Å². The number of anilines is 2.